The number of anilines is 1. The average molecular weight is 476 g/mol. The number of hydrogen-bond donors (Lipinski definition) is 3. The van der Waals surface area contributed by atoms with E-state index < -0.39 is 15.6 Å². The van der Waals surface area contributed by atoms with E-state index in [0.717, 1.165) is 11.0 Å². The second kappa shape index (κ2) is 8.23. The van der Waals surface area contributed by atoms with Gasteiger partial charge in [0.15, 0.2) is 10.3 Å². The van der Waals surface area contributed by atoms with E-state index in [1.807, 2.05) is 24.3 Å². The van der Waals surface area contributed by atoms with Crippen molar-refractivity contribution in [3.63, 3.8) is 0 Å². The number of rotatable bonds is 6. The molecular weight excluding hydrogens is 454 g/mol. The first-order chi connectivity index (χ1) is 14.6. The summed E-state index contributed by atoms with van der Waals surface area (Å²) in [5, 5.41) is 3.86. The largest absolute Gasteiger partial charge is 0.333 e. The molecule has 0 saturated carbocycles. The van der Waals surface area contributed by atoms with Gasteiger partial charge in [-0.25, -0.2) is 23.1 Å². The fourth-order valence-corrected chi connectivity index (χ4v) is 6.00. The zero-order valence-electron chi connectivity index (χ0n) is 17.1. The van der Waals surface area contributed by atoms with Crippen LogP contribution in [0.2, 0.25) is 0 Å². The molecule has 11 heteroatoms. The first kappa shape index (κ1) is 21.8. The van der Waals surface area contributed by atoms with Gasteiger partial charge in [-0.1, -0.05) is 35.2 Å². The van der Waals surface area contributed by atoms with Crippen LogP contribution in [0.25, 0.3) is 21.3 Å². The average Bonchev–Trinajstić information content (AvgIpc) is 3.26. The Bertz CT molecular complexity index is 1340. The van der Waals surface area contributed by atoms with Crippen molar-refractivity contribution < 1.29 is 13.2 Å². The third-order valence-electron chi connectivity index (χ3n) is 4.06. The number of fused-ring (bicyclic) bond motifs is 2. The van der Waals surface area contributed by atoms with Gasteiger partial charge in [0.25, 0.3) is 0 Å². The maximum absolute atomic E-state index is 12.6. The maximum Gasteiger partial charge on any atom is 0.241 e. The first-order valence-electron chi connectivity index (χ1n) is 9.41. The predicted molar refractivity (Wildman–Crippen MR) is 125 cm³/mol. The van der Waals surface area contributed by atoms with Crippen molar-refractivity contribution in [2.24, 2.45) is 0 Å². The zero-order valence-corrected chi connectivity index (χ0v) is 19.5. The van der Waals surface area contributed by atoms with E-state index in [9.17, 15) is 13.2 Å². The van der Waals surface area contributed by atoms with Gasteiger partial charge < -0.3 is 10.3 Å². The van der Waals surface area contributed by atoms with E-state index >= 15 is 0 Å². The van der Waals surface area contributed by atoms with Gasteiger partial charge in [-0.3, -0.25) is 4.79 Å². The highest BCUT2D eigenvalue weighted by Gasteiger charge is 2.22. The van der Waals surface area contributed by atoms with Gasteiger partial charge in [0.1, 0.15) is 0 Å². The smallest absolute Gasteiger partial charge is 0.241 e. The van der Waals surface area contributed by atoms with Crippen LogP contribution in [0, 0.1) is 0 Å². The summed E-state index contributed by atoms with van der Waals surface area (Å²) < 4.78 is 28.4. The van der Waals surface area contributed by atoms with Gasteiger partial charge >= 0.3 is 0 Å². The van der Waals surface area contributed by atoms with Crippen molar-refractivity contribution in [2.45, 2.75) is 36.4 Å². The normalized spacial score (nSPS) is 12.5. The lowest BCUT2D eigenvalue weighted by atomic mass is 10.1. The van der Waals surface area contributed by atoms with Crippen LogP contribution in [0.3, 0.4) is 0 Å². The molecular formula is C20H21N5O3S3. The maximum atomic E-state index is 12.6. The minimum atomic E-state index is -3.65. The van der Waals surface area contributed by atoms with Crippen molar-refractivity contribution >= 4 is 65.4 Å². The van der Waals surface area contributed by atoms with Crippen LogP contribution in [0.15, 0.2) is 52.5 Å². The van der Waals surface area contributed by atoms with E-state index in [1.54, 1.807) is 32.9 Å². The Hall–Kier alpha value is -2.47. The summed E-state index contributed by atoms with van der Waals surface area (Å²) in [6.45, 7) is 5.35. The summed E-state index contributed by atoms with van der Waals surface area (Å²) in [6, 6.07) is 12.4. The Morgan fingerprint density at radius 3 is 2.65 bits per heavy atom. The van der Waals surface area contributed by atoms with Crippen LogP contribution >= 0.6 is 23.1 Å². The number of amides is 1. The van der Waals surface area contributed by atoms with Gasteiger partial charge in [0.2, 0.25) is 15.9 Å². The molecule has 3 N–H and O–H groups in total. The summed E-state index contributed by atoms with van der Waals surface area (Å²) in [4.78, 5) is 24.5. The zero-order chi connectivity index (χ0) is 22.2. The molecule has 4 rings (SSSR count). The Balaban J connectivity index is 1.44. The lowest BCUT2D eigenvalue weighted by Crippen LogP contribution is -2.40. The van der Waals surface area contributed by atoms with Gasteiger partial charge in [-0.05, 0) is 51.1 Å². The molecule has 0 aliphatic carbocycles. The quantitative estimate of drug-likeness (QED) is 0.363. The fraction of sp³-hybridized carbons (Fsp3) is 0.250. The Kier molecular flexibility index (Phi) is 5.77. The number of nitrogens with zero attached hydrogens (tertiary/aromatic N) is 2. The third-order valence-corrected chi connectivity index (χ3v) is 7.63. The van der Waals surface area contributed by atoms with Crippen molar-refractivity contribution in [3.8, 4) is 0 Å². The number of aromatic nitrogens is 3. The molecule has 31 heavy (non-hydrogen) atoms. The molecule has 0 aliphatic heterocycles. The van der Waals surface area contributed by atoms with Gasteiger partial charge in [-0.2, -0.15) is 0 Å². The Morgan fingerprint density at radius 2 is 1.90 bits per heavy atom. The van der Waals surface area contributed by atoms with Gasteiger partial charge in [-0.15, -0.1) is 0 Å². The number of imidazole rings is 1. The summed E-state index contributed by atoms with van der Waals surface area (Å²) >= 11 is 2.53. The molecule has 0 radical (unpaired) electrons. The van der Waals surface area contributed by atoms with E-state index in [-0.39, 0.29) is 16.6 Å². The molecule has 4 aromatic rings. The molecule has 0 unspecified atom stereocenters. The summed E-state index contributed by atoms with van der Waals surface area (Å²) in [6.07, 6.45) is 0. The summed E-state index contributed by atoms with van der Waals surface area (Å²) in [5.74, 6) is -0.0445. The molecule has 0 atom stereocenters. The first-order valence-corrected chi connectivity index (χ1v) is 12.7. The van der Waals surface area contributed by atoms with Crippen LogP contribution in [-0.4, -0.2) is 40.6 Å². The van der Waals surface area contributed by atoms with Crippen LogP contribution in [0.1, 0.15) is 20.8 Å². The predicted octanol–water partition coefficient (Wildman–Crippen LogP) is 3.98. The minimum absolute atomic E-state index is 0.164. The van der Waals surface area contributed by atoms with Gasteiger partial charge in [0, 0.05) is 5.54 Å². The molecule has 2 aromatic heterocycles. The Morgan fingerprint density at radius 1 is 1.13 bits per heavy atom. The van der Waals surface area contributed by atoms with Gasteiger partial charge in [0.05, 0.1) is 31.9 Å². The number of benzene rings is 2. The molecule has 8 nitrogen and oxygen atoms in total. The molecule has 0 bridgehead atoms. The van der Waals surface area contributed by atoms with Crippen LogP contribution in [0.4, 0.5) is 5.13 Å². The number of hydrogen-bond acceptors (Lipinski definition) is 7. The minimum Gasteiger partial charge on any atom is -0.333 e. The molecule has 0 aliphatic rings. The molecule has 162 valence electrons. The SMILES string of the molecule is CC(C)(C)NS(=O)(=O)c1ccc2nc(NC(=O)CSc3nc4ccccc4[nH]3)sc2c1. The lowest BCUT2D eigenvalue weighted by Gasteiger charge is -2.20. The highest BCUT2D eigenvalue weighted by Crippen LogP contribution is 2.29. The molecule has 0 saturated heterocycles. The second-order valence-electron chi connectivity index (χ2n) is 7.90. The van der Waals surface area contributed by atoms with Crippen LogP contribution < -0.4 is 10.0 Å². The number of thiazole rings is 1. The number of carbonyl (C=O) groups excluding carboxylic acids is 1. The van der Waals surface area contributed by atoms with E-state index in [1.165, 1.54) is 29.2 Å². The number of nitrogens with one attached hydrogen (secondary N) is 3. The highest BCUT2D eigenvalue weighted by molar-refractivity contribution is 7.99. The van der Waals surface area contributed by atoms with Crippen molar-refractivity contribution in [1.29, 1.82) is 0 Å². The molecule has 2 aromatic carbocycles. The highest BCUT2D eigenvalue weighted by atomic mass is 32.2. The number of sulfonamides is 1. The van der Waals surface area contributed by atoms with Crippen molar-refractivity contribution in [1.82, 2.24) is 19.7 Å². The van der Waals surface area contributed by atoms with E-state index in [2.05, 4.69) is 25.0 Å². The number of para-hydroxylation sites is 2. The monoisotopic (exact) mass is 475 g/mol. The topological polar surface area (TPSA) is 117 Å². The van der Waals surface area contributed by atoms with Crippen LogP contribution in [0.5, 0.6) is 0 Å². The van der Waals surface area contributed by atoms with E-state index in [4.69, 9.17) is 0 Å². The number of aromatic amines is 1. The van der Waals surface area contributed by atoms with Crippen molar-refractivity contribution in [3.05, 3.63) is 42.5 Å². The Labute approximate surface area is 187 Å². The summed E-state index contributed by atoms with van der Waals surface area (Å²) in [7, 11) is -3.65. The third kappa shape index (κ3) is 5.24. The molecule has 1 amide bonds. The molecule has 0 fully saturated rings. The number of carbonyl (C=O) groups is 1. The number of H-pyrrole nitrogens is 1. The number of thioether (sulfide) groups is 1. The molecule has 2 heterocycles. The van der Waals surface area contributed by atoms with Crippen molar-refractivity contribution in [2.75, 3.05) is 11.1 Å². The molecule has 0 spiro atoms. The summed E-state index contributed by atoms with van der Waals surface area (Å²) in [5.41, 5.74) is 1.81. The van der Waals surface area contributed by atoms with Crippen LogP contribution in [-0.2, 0) is 14.8 Å². The standard InChI is InChI=1S/C20H21N5O3S3/c1-20(2,3)25-31(27,28)12-8-9-15-16(10-12)30-19(23-15)24-17(26)11-29-18-21-13-6-4-5-7-14(13)22-18/h4-10,25H,11H2,1-3H3,(H,21,22)(H,23,24,26). The second-order valence-corrected chi connectivity index (χ2v) is 11.6. The lowest BCUT2D eigenvalue weighted by molar-refractivity contribution is -0.113. The fourth-order valence-electron chi connectivity index (χ4n) is 2.87. The van der Waals surface area contributed by atoms with E-state index in [0.29, 0.717) is 20.5 Å².